The zero-order valence-electron chi connectivity index (χ0n) is 13.5. The van der Waals surface area contributed by atoms with E-state index in [1.165, 1.54) is 0 Å². The van der Waals surface area contributed by atoms with Crippen LogP contribution in [-0.4, -0.2) is 47.7 Å². The minimum absolute atomic E-state index is 0.289. The molecule has 1 aromatic rings. The molecule has 0 aliphatic heterocycles. The zero-order valence-corrected chi connectivity index (χ0v) is 13.5. The maximum absolute atomic E-state index is 12.8. The summed E-state index contributed by atoms with van der Waals surface area (Å²) in [5, 5.41) is 10.8. The van der Waals surface area contributed by atoms with Crippen molar-refractivity contribution in [3.05, 3.63) is 29.8 Å². The van der Waals surface area contributed by atoms with E-state index in [1.54, 1.807) is 0 Å². The summed E-state index contributed by atoms with van der Waals surface area (Å²) in [5.74, 6) is -18.0. The van der Waals surface area contributed by atoms with Gasteiger partial charge in [0.1, 0.15) is 5.75 Å². The van der Waals surface area contributed by atoms with Crippen LogP contribution in [0.4, 0.5) is 43.9 Å². The molecule has 0 heterocycles. The molecule has 0 bridgehead atoms. The van der Waals surface area contributed by atoms with Gasteiger partial charge in [0.2, 0.25) is 0 Å². The summed E-state index contributed by atoms with van der Waals surface area (Å²) < 4.78 is 127. The number of amides is 1. The summed E-state index contributed by atoms with van der Waals surface area (Å²) in [6.45, 7) is -1.13. The molecule has 1 unspecified atom stereocenters. The van der Waals surface area contributed by atoms with E-state index in [1.807, 2.05) is 0 Å². The summed E-state index contributed by atoms with van der Waals surface area (Å²) in [4.78, 5) is 21.8. The Labute approximate surface area is 154 Å². The fourth-order valence-electron chi connectivity index (χ4n) is 1.59. The Morgan fingerprint density at radius 3 is 1.72 bits per heavy atom. The highest BCUT2D eigenvalue weighted by atomic mass is 19.4. The molecule has 0 spiro atoms. The molecule has 1 rings (SSSR count). The first-order valence-electron chi connectivity index (χ1n) is 7.09. The summed E-state index contributed by atoms with van der Waals surface area (Å²) in [6.07, 6.45) is -14.3. The van der Waals surface area contributed by atoms with E-state index in [2.05, 4.69) is 4.74 Å². The average molecular weight is 445 g/mol. The third-order valence-corrected chi connectivity index (χ3v) is 3.18. The van der Waals surface area contributed by atoms with Crippen LogP contribution >= 0.6 is 0 Å². The van der Waals surface area contributed by atoms with E-state index >= 15 is 0 Å². The number of rotatable bonds is 6. The van der Waals surface area contributed by atoms with Crippen molar-refractivity contribution >= 4 is 11.9 Å². The second-order valence-electron chi connectivity index (χ2n) is 5.33. The highest BCUT2D eigenvalue weighted by Crippen LogP contribution is 2.37. The van der Waals surface area contributed by atoms with Crippen molar-refractivity contribution in [2.24, 2.45) is 0 Å². The molecule has 1 atom stereocenters. The number of ether oxygens (including phenoxy) is 1. The first-order chi connectivity index (χ1) is 12.9. The van der Waals surface area contributed by atoms with Gasteiger partial charge >= 0.3 is 30.2 Å². The summed E-state index contributed by atoms with van der Waals surface area (Å²) in [7, 11) is 0. The molecule has 15 heteroatoms. The molecule has 0 aliphatic carbocycles. The number of esters is 1. The molecule has 0 fully saturated rings. The lowest BCUT2D eigenvalue weighted by Crippen LogP contribution is -2.51. The van der Waals surface area contributed by atoms with Crippen molar-refractivity contribution in [2.45, 2.75) is 30.3 Å². The van der Waals surface area contributed by atoms with Gasteiger partial charge in [0, 0.05) is 6.54 Å². The normalized spacial score (nSPS) is 14.3. The van der Waals surface area contributed by atoms with Crippen LogP contribution in [-0.2, 0) is 9.59 Å². The van der Waals surface area contributed by atoms with Crippen LogP contribution in [0.15, 0.2) is 24.3 Å². The number of benzene rings is 1. The Bertz CT molecular complexity index is 742. The molecule has 0 saturated carbocycles. The molecular weight excluding hydrogens is 436 g/mol. The first kappa shape index (κ1) is 24.5. The quantitative estimate of drug-likeness (QED) is 0.401. The van der Waals surface area contributed by atoms with Gasteiger partial charge in [-0.2, -0.15) is 43.9 Å². The fourth-order valence-corrected chi connectivity index (χ4v) is 1.59. The van der Waals surface area contributed by atoms with Gasteiger partial charge in [0.05, 0.1) is 6.10 Å². The van der Waals surface area contributed by atoms with Crippen LogP contribution in [0.25, 0.3) is 0 Å². The smallest absolute Gasteiger partial charge is 0.422 e. The average Bonchev–Trinajstić information content (AvgIpc) is 2.57. The molecule has 1 aromatic carbocycles. The fraction of sp³-hybridized carbons (Fsp3) is 0.429. The van der Waals surface area contributed by atoms with Crippen molar-refractivity contribution in [1.29, 1.82) is 0 Å². The highest BCUT2D eigenvalue weighted by Gasteiger charge is 2.65. The van der Waals surface area contributed by atoms with Crippen molar-refractivity contribution in [3.63, 3.8) is 0 Å². The van der Waals surface area contributed by atoms with Gasteiger partial charge in [-0.25, -0.2) is 4.79 Å². The second kappa shape index (κ2) is 8.04. The predicted molar refractivity (Wildman–Crippen MR) is 72.1 cm³/mol. The van der Waals surface area contributed by atoms with E-state index in [0.717, 1.165) is 17.4 Å². The van der Waals surface area contributed by atoms with Crippen LogP contribution in [0.1, 0.15) is 11.7 Å². The Balaban J connectivity index is 2.75. The highest BCUT2D eigenvalue weighted by molar-refractivity contribution is 5.84. The zero-order chi connectivity index (χ0) is 22.8. The summed E-state index contributed by atoms with van der Waals surface area (Å²) in [5.41, 5.74) is -0.289. The van der Waals surface area contributed by atoms with Gasteiger partial charge in [-0.15, -0.1) is 0 Å². The van der Waals surface area contributed by atoms with Gasteiger partial charge in [-0.05, 0) is 17.7 Å². The summed E-state index contributed by atoms with van der Waals surface area (Å²) in [6, 6.07) is 2.81. The van der Waals surface area contributed by atoms with Crippen molar-refractivity contribution in [1.82, 2.24) is 5.32 Å². The Hall–Kier alpha value is -2.58. The third kappa shape index (κ3) is 5.48. The van der Waals surface area contributed by atoms with Gasteiger partial charge in [0.25, 0.3) is 5.91 Å². The van der Waals surface area contributed by atoms with Crippen molar-refractivity contribution in [3.8, 4) is 5.75 Å². The topological polar surface area (TPSA) is 75.6 Å². The van der Waals surface area contributed by atoms with E-state index in [4.69, 9.17) is 0 Å². The molecule has 5 nitrogen and oxygen atoms in total. The lowest BCUT2D eigenvalue weighted by Gasteiger charge is -2.20. The number of carbonyl (C=O) groups is 2. The van der Waals surface area contributed by atoms with Gasteiger partial charge in [0.15, 0.2) is 0 Å². The predicted octanol–water partition coefficient (Wildman–Crippen LogP) is 3.14. The molecule has 29 heavy (non-hydrogen) atoms. The number of carbonyl (C=O) groups excluding carboxylic acids is 2. The Kier molecular flexibility index (Phi) is 6.78. The number of alkyl halides is 10. The van der Waals surface area contributed by atoms with E-state index in [-0.39, 0.29) is 5.56 Å². The number of aliphatic hydroxyl groups excluding tert-OH is 1. The van der Waals surface area contributed by atoms with Gasteiger partial charge in [-0.1, -0.05) is 12.1 Å². The van der Waals surface area contributed by atoms with E-state index in [9.17, 15) is 58.6 Å². The standard InChI is InChI=1S/C14H9F10NO4/c15-11(16,13(19,20)21)9(27)25-5-8(26)6-1-3-7(4-2-6)29-10(28)12(17,18)14(22,23)24/h1-4,8,26H,5H2,(H,25,27). The molecule has 2 N–H and O–H groups in total. The number of hydrogen-bond acceptors (Lipinski definition) is 4. The second-order valence-corrected chi connectivity index (χ2v) is 5.33. The van der Waals surface area contributed by atoms with Gasteiger partial charge in [-0.3, -0.25) is 4.79 Å². The lowest BCUT2D eigenvalue weighted by molar-refractivity contribution is -0.276. The molecule has 0 saturated heterocycles. The molecule has 164 valence electrons. The van der Waals surface area contributed by atoms with Gasteiger partial charge < -0.3 is 15.2 Å². The first-order valence-corrected chi connectivity index (χ1v) is 7.09. The molecule has 0 aromatic heterocycles. The maximum atomic E-state index is 12.8. The number of halogens is 10. The molecule has 1 amide bonds. The Morgan fingerprint density at radius 2 is 1.31 bits per heavy atom. The van der Waals surface area contributed by atoms with E-state index in [0.29, 0.717) is 12.1 Å². The Morgan fingerprint density at radius 1 is 0.862 bits per heavy atom. The van der Waals surface area contributed by atoms with Crippen LogP contribution in [0.2, 0.25) is 0 Å². The van der Waals surface area contributed by atoms with Crippen LogP contribution < -0.4 is 10.1 Å². The van der Waals surface area contributed by atoms with Crippen molar-refractivity contribution < 1.29 is 63.3 Å². The monoisotopic (exact) mass is 445 g/mol. The molecule has 0 radical (unpaired) electrons. The number of hydrogen-bond donors (Lipinski definition) is 2. The molecular formula is C14H9F10NO4. The largest absolute Gasteiger partial charge is 0.465 e. The minimum Gasteiger partial charge on any atom is -0.422 e. The van der Waals surface area contributed by atoms with Crippen LogP contribution in [0, 0.1) is 0 Å². The number of aliphatic hydroxyl groups is 1. The maximum Gasteiger partial charge on any atom is 0.465 e. The van der Waals surface area contributed by atoms with Crippen LogP contribution in [0.3, 0.4) is 0 Å². The SMILES string of the molecule is O=C(NCC(O)c1ccc(OC(=O)C(F)(F)C(F)(F)F)cc1)C(F)(F)C(F)(F)F. The van der Waals surface area contributed by atoms with Crippen molar-refractivity contribution in [2.75, 3.05) is 6.54 Å². The molecule has 0 aliphatic rings. The minimum atomic E-state index is -6.21. The number of nitrogens with one attached hydrogen (secondary N) is 1. The third-order valence-electron chi connectivity index (χ3n) is 3.18. The van der Waals surface area contributed by atoms with Crippen LogP contribution in [0.5, 0.6) is 5.75 Å². The van der Waals surface area contributed by atoms with E-state index < -0.39 is 54.5 Å². The summed E-state index contributed by atoms with van der Waals surface area (Å²) >= 11 is 0. The lowest BCUT2D eigenvalue weighted by atomic mass is 10.1.